The van der Waals surface area contributed by atoms with Gasteiger partial charge < -0.3 is 4.84 Å². The third kappa shape index (κ3) is 2.80. The SMILES string of the molecule is O=C(ON1C(=O)c2ccccc2C1=O)c1cc(-c2cccnc2)nc2ccccc12. The van der Waals surface area contributed by atoms with Crippen molar-refractivity contribution in [3.63, 3.8) is 0 Å². The topological polar surface area (TPSA) is 89.5 Å². The summed E-state index contributed by atoms with van der Waals surface area (Å²) in [4.78, 5) is 52.0. The van der Waals surface area contributed by atoms with Gasteiger partial charge in [-0.15, -0.1) is 0 Å². The van der Waals surface area contributed by atoms with Crippen molar-refractivity contribution in [3.8, 4) is 11.3 Å². The molecule has 3 heterocycles. The van der Waals surface area contributed by atoms with Crippen molar-refractivity contribution in [1.82, 2.24) is 15.0 Å². The van der Waals surface area contributed by atoms with E-state index in [4.69, 9.17) is 4.84 Å². The molecule has 7 nitrogen and oxygen atoms in total. The highest BCUT2D eigenvalue weighted by Crippen LogP contribution is 2.27. The smallest absolute Gasteiger partial charge is 0.324 e. The average molecular weight is 395 g/mol. The minimum Gasteiger partial charge on any atom is -0.324 e. The molecule has 0 radical (unpaired) electrons. The summed E-state index contributed by atoms with van der Waals surface area (Å²) in [6.45, 7) is 0. The van der Waals surface area contributed by atoms with Crippen LogP contribution < -0.4 is 0 Å². The lowest BCUT2D eigenvalue weighted by atomic mass is 10.1. The summed E-state index contributed by atoms with van der Waals surface area (Å²) in [5.41, 5.74) is 2.41. The summed E-state index contributed by atoms with van der Waals surface area (Å²) in [7, 11) is 0. The van der Waals surface area contributed by atoms with Crippen LogP contribution in [0.5, 0.6) is 0 Å². The van der Waals surface area contributed by atoms with Gasteiger partial charge in [0, 0.05) is 23.3 Å². The largest absolute Gasteiger partial charge is 0.364 e. The molecule has 0 spiro atoms. The van der Waals surface area contributed by atoms with Crippen molar-refractivity contribution >= 4 is 28.7 Å². The van der Waals surface area contributed by atoms with Crippen LogP contribution in [0.25, 0.3) is 22.2 Å². The molecular formula is C23H13N3O4. The summed E-state index contributed by atoms with van der Waals surface area (Å²) >= 11 is 0. The van der Waals surface area contributed by atoms with Gasteiger partial charge in [-0.1, -0.05) is 35.4 Å². The third-order valence-electron chi connectivity index (χ3n) is 4.82. The van der Waals surface area contributed by atoms with Gasteiger partial charge in [0.15, 0.2) is 0 Å². The molecule has 0 fully saturated rings. The summed E-state index contributed by atoms with van der Waals surface area (Å²) in [5, 5.41) is 1.05. The maximum atomic E-state index is 13.0. The maximum absolute atomic E-state index is 13.0. The van der Waals surface area contributed by atoms with Gasteiger partial charge >= 0.3 is 5.97 Å². The Balaban J connectivity index is 1.56. The Morgan fingerprint density at radius 2 is 1.57 bits per heavy atom. The fourth-order valence-corrected chi connectivity index (χ4v) is 3.39. The quantitative estimate of drug-likeness (QED) is 0.492. The van der Waals surface area contributed by atoms with Crippen LogP contribution in [0.3, 0.4) is 0 Å². The summed E-state index contributed by atoms with van der Waals surface area (Å²) in [6.07, 6.45) is 3.28. The molecule has 0 aliphatic carbocycles. The monoisotopic (exact) mass is 395 g/mol. The van der Waals surface area contributed by atoms with Crippen molar-refractivity contribution in [3.05, 3.63) is 95.8 Å². The van der Waals surface area contributed by atoms with Crippen molar-refractivity contribution in [1.29, 1.82) is 0 Å². The van der Waals surface area contributed by atoms with Crippen LogP contribution >= 0.6 is 0 Å². The van der Waals surface area contributed by atoms with Crippen LogP contribution in [0.15, 0.2) is 79.1 Å². The van der Waals surface area contributed by atoms with Crippen LogP contribution in [0.1, 0.15) is 31.1 Å². The van der Waals surface area contributed by atoms with Gasteiger partial charge in [0.05, 0.1) is 27.9 Å². The number of imide groups is 1. The van der Waals surface area contributed by atoms with E-state index < -0.39 is 17.8 Å². The molecule has 0 atom stereocenters. The fourth-order valence-electron chi connectivity index (χ4n) is 3.39. The number of fused-ring (bicyclic) bond motifs is 2. The first-order valence-electron chi connectivity index (χ1n) is 9.14. The van der Waals surface area contributed by atoms with Gasteiger partial charge in [0.25, 0.3) is 11.8 Å². The highest BCUT2D eigenvalue weighted by Gasteiger charge is 2.39. The molecule has 30 heavy (non-hydrogen) atoms. The van der Waals surface area contributed by atoms with Gasteiger partial charge in [-0.25, -0.2) is 9.78 Å². The van der Waals surface area contributed by atoms with E-state index in [2.05, 4.69) is 9.97 Å². The molecule has 2 amide bonds. The van der Waals surface area contributed by atoms with Crippen LogP contribution in [0.2, 0.25) is 0 Å². The maximum Gasteiger partial charge on any atom is 0.364 e. The van der Waals surface area contributed by atoms with Crippen LogP contribution in [-0.2, 0) is 4.84 Å². The zero-order valence-corrected chi connectivity index (χ0v) is 15.5. The van der Waals surface area contributed by atoms with E-state index in [1.165, 1.54) is 12.1 Å². The highest BCUT2D eigenvalue weighted by molar-refractivity contribution is 6.21. The predicted molar refractivity (Wildman–Crippen MR) is 107 cm³/mol. The standard InChI is InChI=1S/C23H13N3O4/c27-21-16-8-1-2-9-17(16)22(28)26(21)30-23(29)18-12-20(14-6-5-11-24-13-14)25-19-10-4-3-7-15(18)19/h1-13H. The van der Waals surface area contributed by atoms with Crippen LogP contribution in [0.4, 0.5) is 0 Å². The van der Waals surface area contributed by atoms with Crippen LogP contribution in [-0.4, -0.2) is 32.8 Å². The Bertz CT molecular complexity index is 1300. The lowest BCUT2D eigenvalue weighted by Crippen LogP contribution is -2.32. The number of carbonyl (C=O) groups is 3. The summed E-state index contributed by atoms with van der Waals surface area (Å²) in [6, 6.07) is 18.6. The van der Waals surface area contributed by atoms with E-state index in [0.717, 1.165) is 5.56 Å². The molecular weight excluding hydrogens is 382 g/mol. The van der Waals surface area contributed by atoms with E-state index in [0.29, 0.717) is 21.7 Å². The van der Waals surface area contributed by atoms with Crippen molar-refractivity contribution in [2.24, 2.45) is 0 Å². The molecule has 2 aromatic carbocycles. The number of benzene rings is 2. The molecule has 0 bridgehead atoms. The van der Waals surface area contributed by atoms with Gasteiger partial charge in [0.2, 0.25) is 0 Å². The molecule has 0 N–H and O–H groups in total. The first-order chi connectivity index (χ1) is 14.6. The number of amides is 2. The molecule has 7 heteroatoms. The number of rotatable bonds is 3. The highest BCUT2D eigenvalue weighted by atomic mass is 16.7. The molecule has 0 unspecified atom stereocenters. The number of para-hydroxylation sites is 1. The van der Waals surface area contributed by atoms with E-state index in [1.54, 1.807) is 54.9 Å². The number of pyridine rings is 2. The number of carbonyl (C=O) groups excluding carboxylic acids is 3. The van der Waals surface area contributed by atoms with E-state index in [-0.39, 0.29) is 16.7 Å². The van der Waals surface area contributed by atoms with Gasteiger partial charge in [-0.05, 0) is 36.4 Å². The van der Waals surface area contributed by atoms with Gasteiger partial charge in [-0.3, -0.25) is 14.6 Å². The molecule has 1 aliphatic heterocycles. The predicted octanol–water partition coefficient (Wildman–Crippen LogP) is 3.66. The van der Waals surface area contributed by atoms with E-state index in [9.17, 15) is 14.4 Å². The van der Waals surface area contributed by atoms with Crippen molar-refractivity contribution < 1.29 is 19.2 Å². The molecule has 4 aromatic rings. The minimum absolute atomic E-state index is 0.191. The molecule has 2 aromatic heterocycles. The molecule has 0 saturated carbocycles. The second kappa shape index (κ2) is 6.89. The molecule has 1 aliphatic rings. The van der Waals surface area contributed by atoms with Crippen molar-refractivity contribution in [2.45, 2.75) is 0 Å². The zero-order chi connectivity index (χ0) is 20.7. The number of hydrogen-bond acceptors (Lipinski definition) is 6. The van der Waals surface area contributed by atoms with E-state index >= 15 is 0 Å². The lowest BCUT2D eigenvalue weighted by molar-refractivity contribution is -0.0583. The first-order valence-corrected chi connectivity index (χ1v) is 9.14. The normalized spacial score (nSPS) is 12.9. The summed E-state index contributed by atoms with van der Waals surface area (Å²) in [5.74, 6) is -2.17. The Morgan fingerprint density at radius 3 is 2.27 bits per heavy atom. The second-order valence-corrected chi connectivity index (χ2v) is 6.64. The molecule has 0 saturated heterocycles. The number of hydroxylamine groups is 2. The Hall–Kier alpha value is -4.39. The zero-order valence-electron chi connectivity index (χ0n) is 15.5. The average Bonchev–Trinajstić information content (AvgIpc) is 3.04. The first kappa shape index (κ1) is 17.7. The summed E-state index contributed by atoms with van der Waals surface area (Å²) < 4.78 is 0. The van der Waals surface area contributed by atoms with Gasteiger partial charge in [-0.2, -0.15) is 0 Å². The lowest BCUT2D eigenvalue weighted by Gasteiger charge is -2.14. The van der Waals surface area contributed by atoms with E-state index in [1.807, 2.05) is 12.1 Å². The Labute approximate surface area is 170 Å². The van der Waals surface area contributed by atoms with Crippen LogP contribution in [0, 0.1) is 0 Å². The fraction of sp³-hybridized carbons (Fsp3) is 0. The Morgan fingerprint density at radius 1 is 0.867 bits per heavy atom. The third-order valence-corrected chi connectivity index (χ3v) is 4.82. The Kier molecular flexibility index (Phi) is 4.07. The number of aromatic nitrogens is 2. The van der Waals surface area contributed by atoms with Crippen molar-refractivity contribution in [2.75, 3.05) is 0 Å². The van der Waals surface area contributed by atoms with Gasteiger partial charge in [0.1, 0.15) is 0 Å². The molecule has 5 rings (SSSR count). The second-order valence-electron chi connectivity index (χ2n) is 6.64. The number of hydrogen-bond donors (Lipinski definition) is 0. The number of nitrogens with zero attached hydrogens (tertiary/aromatic N) is 3. The molecule has 144 valence electrons. The minimum atomic E-state index is -0.826.